The van der Waals surface area contributed by atoms with E-state index in [9.17, 15) is 9.18 Å². The fraction of sp³-hybridized carbons (Fsp3) is 0.455. The molecular weight excluding hydrogens is 548 g/mol. The second-order valence-electron chi connectivity index (χ2n) is 7.48. The monoisotopic (exact) mass is 577 g/mol. The van der Waals surface area contributed by atoms with E-state index in [1.165, 1.54) is 12.3 Å². The molecule has 0 atom stereocenters. The number of halogens is 3. The van der Waals surface area contributed by atoms with Crippen molar-refractivity contribution < 1.29 is 13.6 Å². The average Bonchev–Trinajstić information content (AvgIpc) is 3.20. The average molecular weight is 578 g/mol. The molecule has 2 heterocycles. The van der Waals surface area contributed by atoms with Crippen LogP contribution in [0.4, 0.5) is 4.39 Å². The van der Waals surface area contributed by atoms with Gasteiger partial charge in [0.05, 0.1) is 6.26 Å². The fourth-order valence-corrected chi connectivity index (χ4v) is 3.76. The molecule has 0 spiro atoms. The molecular formula is C22H30ClFIN5O2. The molecule has 0 unspecified atom stereocenters. The zero-order valence-electron chi connectivity index (χ0n) is 18.4. The maximum atomic E-state index is 14.0. The minimum absolute atomic E-state index is 0. The van der Waals surface area contributed by atoms with Crippen molar-refractivity contribution in [1.29, 1.82) is 0 Å². The van der Waals surface area contributed by atoms with Gasteiger partial charge in [-0.05, 0) is 31.5 Å². The van der Waals surface area contributed by atoms with Crippen molar-refractivity contribution in [2.45, 2.75) is 19.9 Å². The number of guanidine groups is 1. The Morgan fingerprint density at radius 2 is 1.91 bits per heavy atom. The molecule has 10 heteroatoms. The van der Waals surface area contributed by atoms with Crippen LogP contribution in [0.3, 0.4) is 0 Å². The largest absolute Gasteiger partial charge is 0.459 e. The Morgan fingerprint density at radius 3 is 2.53 bits per heavy atom. The lowest BCUT2D eigenvalue weighted by Crippen LogP contribution is -2.52. The lowest BCUT2D eigenvalue weighted by Gasteiger charge is -2.36. The minimum atomic E-state index is -0.262. The highest BCUT2D eigenvalue weighted by Crippen LogP contribution is 2.21. The smallest absolute Gasteiger partial charge is 0.287 e. The molecule has 32 heavy (non-hydrogen) atoms. The number of piperazine rings is 1. The number of hydrogen-bond acceptors (Lipinski definition) is 4. The van der Waals surface area contributed by atoms with Gasteiger partial charge in [0.1, 0.15) is 5.82 Å². The van der Waals surface area contributed by atoms with Gasteiger partial charge < -0.3 is 20.0 Å². The van der Waals surface area contributed by atoms with Crippen molar-refractivity contribution in [1.82, 2.24) is 20.4 Å². The standard InChI is InChI=1S/C22H29ClFN5O2.HI/c1-16-7-14-31-20(16)21(30)26-8-4-9-27-22(25-2)29-12-10-28(11-13-29)15-17-18(23)5-3-6-19(17)24;/h3,5-7,14H,4,8-13,15H2,1-2H3,(H,25,27)(H,26,30);1H. The SMILES string of the molecule is CN=C(NCCCNC(=O)c1occc1C)N1CCN(Cc2c(F)cccc2Cl)CC1.I. The van der Waals surface area contributed by atoms with E-state index in [-0.39, 0.29) is 35.7 Å². The maximum Gasteiger partial charge on any atom is 0.287 e. The number of rotatable bonds is 7. The number of aryl methyl sites for hydroxylation is 1. The molecule has 1 saturated heterocycles. The van der Waals surface area contributed by atoms with Gasteiger partial charge in [0, 0.05) is 69.0 Å². The van der Waals surface area contributed by atoms with Crippen LogP contribution in [0.5, 0.6) is 0 Å². The molecule has 2 aromatic rings. The summed E-state index contributed by atoms with van der Waals surface area (Å²) in [6.45, 7) is 6.75. The van der Waals surface area contributed by atoms with E-state index in [4.69, 9.17) is 16.0 Å². The molecule has 7 nitrogen and oxygen atoms in total. The number of nitrogens with one attached hydrogen (secondary N) is 2. The predicted octanol–water partition coefficient (Wildman–Crippen LogP) is 3.51. The second-order valence-corrected chi connectivity index (χ2v) is 7.89. The van der Waals surface area contributed by atoms with Gasteiger partial charge in [0.25, 0.3) is 5.91 Å². The van der Waals surface area contributed by atoms with Crippen LogP contribution in [0.25, 0.3) is 0 Å². The summed E-state index contributed by atoms with van der Waals surface area (Å²) < 4.78 is 19.2. The van der Waals surface area contributed by atoms with E-state index >= 15 is 0 Å². The highest BCUT2D eigenvalue weighted by Gasteiger charge is 2.21. The summed E-state index contributed by atoms with van der Waals surface area (Å²) in [5.74, 6) is 0.731. The molecule has 1 aliphatic rings. The normalized spacial score (nSPS) is 14.8. The molecule has 176 valence electrons. The quantitative estimate of drug-likeness (QED) is 0.228. The Kier molecular flexibility index (Phi) is 10.7. The van der Waals surface area contributed by atoms with Crippen LogP contribution in [0.1, 0.15) is 28.1 Å². The third kappa shape index (κ3) is 7.08. The Bertz CT molecular complexity index is 895. The number of carbonyl (C=O) groups is 1. The number of aliphatic imine (C=N–C) groups is 1. The second kappa shape index (κ2) is 13.0. The van der Waals surface area contributed by atoms with E-state index in [0.29, 0.717) is 36.0 Å². The molecule has 1 aromatic carbocycles. The number of hydrogen-bond donors (Lipinski definition) is 2. The zero-order chi connectivity index (χ0) is 22.2. The molecule has 1 fully saturated rings. The van der Waals surface area contributed by atoms with Gasteiger partial charge in [-0.2, -0.15) is 0 Å². The van der Waals surface area contributed by atoms with E-state index in [0.717, 1.165) is 44.1 Å². The van der Waals surface area contributed by atoms with Gasteiger partial charge in [-0.15, -0.1) is 24.0 Å². The Morgan fingerprint density at radius 1 is 1.19 bits per heavy atom. The van der Waals surface area contributed by atoms with Gasteiger partial charge >= 0.3 is 0 Å². The van der Waals surface area contributed by atoms with Gasteiger partial charge in [-0.1, -0.05) is 17.7 Å². The van der Waals surface area contributed by atoms with Crippen molar-refractivity contribution in [3.8, 4) is 0 Å². The summed E-state index contributed by atoms with van der Waals surface area (Å²) in [7, 11) is 1.76. The van der Waals surface area contributed by atoms with Gasteiger partial charge in [0.15, 0.2) is 11.7 Å². The minimum Gasteiger partial charge on any atom is -0.459 e. The van der Waals surface area contributed by atoms with Crippen LogP contribution in [0, 0.1) is 12.7 Å². The van der Waals surface area contributed by atoms with Crippen molar-refractivity contribution in [3.05, 3.63) is 58.3 Å². The predicted molar refractivity (Wildman–Crippen MR) is 135 cm³/mol. The molecule has 0 bridgehead atoms. The van der Waals surface area contributed by atoms with Gasteiger partial charge in [0.2, 0.25) is 0 Å². The number of amides is 1. The summed E-state index contributed by atoms with van der Waals surface area (Å²) >= 11 is 6.15. The molecule has 1 aliphatic heterocycles. The van der Waals surface area contributed by atoms with Crippen LogP contribution in [-0.2, 0) is 6.54 Å². The first-order valence-corrected chi connectivity index (χ1v) is 10.8. The third-order valence-electron chi connectivity index (χ3n) is 5.32. The highest BCUT2D eigenvalue weighted by molar-refractivity contribution is 14.0. The molecule has 2 N–H and O–H groups in total. The molecule has 1 aromatic heterocycles. The van der Waals surface area contributed by atoms with Crippen LogP contribution >= 0.6 is 35.6 Å². The Hall–Kier alpha value is -1.85. The molecule has 0 radical (unpaired) electrons. The van der Waals surface area contributed by atoms with E-state index in [1.807, 2.05) is 6.92 Å². The summed E-state index contributed by atoms with van der Waals surface area (Å²) in [5.41, 5.74) is 1.37. The molecule has 0 saturated carbocycles. The topological polar surface area (TPSA) is 73.1 Å². The zero-order valence-corrected chi connectivity index (χ0v) is 21.5. The maximum absolute atomic E-state index is 14.0. The fourth-order valence-electron chi connectivity index (χ4n) is 3.53. The van der Waals surface area contributed by atoms with Crippen LogP contribution < -0.4 is 10.6 Å². The summed E-state index contributed by atoms with van der Waals surface area (Å²) in [6.07, 6.45) is 2.27. The van der Waals surface area contributed by atoms with E-state index < -0.39 is 0 Å². The lowest BCUT2D eigenvalue weighted by molar-refractivity contribution is 0.0925. The van der Waals surface area contributed by atoms with Crippen molar-refractivity contribution in [3.63, 3.8) is 0 Å². The number of furan rings is 1. The van der Waals surface area contributed by atoms with E-state index in [1.54, 1.807) is 25.2 Å². The number of carbonyl (C=O) groups excluding carboxylic acids is 1. The first kappa shape index (κ1) is 26.4. The Balaban J connectivity index is 0.00000363. The number of benzene rings is 1. The van der Waals surface area contributed by atoms with Gasteiger partial charge in [-0.25, -0.2) is 4.39 Å². The van der Waals surface area contributed by atoms with Crippen molar-refractivity contribution >= 4 is 47.4 Å². The third-order valence-corrected chi connectivity index (χ3v) is 5.67. The van der Waals surface area contributed by atoms with E-state index in [2.05, 4.69) is 25.4 Å². The first-order chi connectivity index (χ1) is 15.0. The highest BCUT2D eigenvalue weighted by atomic mass is 127. The van der Waals surface area contributed by atoms with Gasteiger partial charge in [-0.3, -0.25) is 14.7 Å². The van der Waals surface area contributed by atoms with Crippen molar-refractivity contribution in [2.75, 3.05) is 46.3 Å². The molecule has 3 rings (SSSR count). The van der Waals surface area contributed by atoms with Crippen LogP contribution in [0.2, 0.25) is 5.02 Å². The molecule has 0 aliphatic carbocycles. The summed E-state index contributed by atoms with van der Waals surface area (Å²) in [6, 6.07) is 6.56. The van der Waals surface area contributed by atoms with Crippen molar-refractivity contribution in [2.24, 2.45) is 4.99 Å². The van der Waals surface area contributed by atoms with Crippen LogP contribution in [-0.4, -0.2) is 68.0 Å². The summed E-state index contributed by atoms with van der Waals surface area (Å²) in [5, 5.41) is 6.67. The first-order valence-electron chi connectivity index (χ1n) is 10.4. The Labute approximate surface area is 210 Å². The van der Waals surface area contributed by atoms with Crippen LogP contribution in [0.15, 0.2) is 39.9 Å². The summed E-state index contributed by atoms with van der Waals surface area (Å²) in [4.78, 5) is 20.8. The molecule has 1 amide bonds. The lowest BCUT2D eigenvalue weighted by atomic mass is 10.2. The number of nitrogens with zero attached hydrogens (tertiary/aromatic N) is 3.